The zero-order chi connectivity index (χ0) is 20.6. The summed E-state index contributed by atoms with van der Waals surface area (Å²) in [6.45, 7) is 0.328. The summed E-state index contributed by atoms with van der Waals surface area (Å²) in [4.78, 5) is 8.79. The van der Waals surface area contributed by atoms with Gasteiger partial charge in [0.25, 0.3) is 0 Å². The van der Waals surface area contributed by atoms with Crippen molar-refractivity contribution in [2.45, 2.75) is 18.7 Å². The predicted molar refractivity (Wildman–Crippen MR) is 106 cm³/mol. The molecule has 1 aliphatic rings. The Kier molecular flexibility index (Phi) is 5.33. The summed E-state index contributed by atoms with van der Waals surface area (Å²) in [5, 5.41) is 0.0817. The van der Waals surface area contributed by atoms with Gasteiger partial charge < -0.3 is 0 Å². The van der Waals surface area contributed by atoms with Gasteiger partial charge in [0.1, 0.15) is 11.6 Å². The first kappa shape index (κ1) is 19.9. The van der Waals surface area contributed by atoms with Gasteiger partial charge in [-0.1, -0.05) is 17.7 Å². The minimum absolute atomic E-state index is 0.0390. The van der Waals surface area contributed by atoms with Crippen LogP contribution < -0.4 is 0 Å². The molecule has 0 unspecified atom stereocenters. The third-order valence-electron chi connectivity index (χ3n) is 4.78. The van der Waals surface area contributed by atoms with Gasteiger partial charge in [-0.05, 0) is 36.4 Å². The SMILES string of the molecule is O=S(=O)(Cc1c(F)cccc1Cl)N1CCc2nc(-c3ccc(F)cc3)ncc2C1. The topological polar surface area (TPSA) is 63.2 Å². The summed E-state index contributed by atoms with van der Waals surface area (Å²) in [5.41, 5.74) is 2.07. The van der Waals surface area contributed by atoms with Crippen molar-refractivity contribution < 1.29 is 17.2 Å². The fourth-order valence-electron chi connectivity index (χ4n) is 3.21. The number of halogens is 3. The van der Waals surface area contributed by atoms with Crippen molar-refractivity contribution in [2.24, 2.45) is 0 Å². The van der Waals surface area contributed by atoms with Gasteiger partial charge in [0.15, 0.2) is 5.82 Å². The molecule has 0 N–H and O–H groups in total. The highest BCUT2D eigenvalue weighted by atomic mass is 35.5. The second kappa shape index (κ2) is 7.78. The first-order chi connectivity index (χ1) is 13.8. The summed E-state index contributed by atoms with van der Waals surface area (Å²) in [6.07, 6.45) is 1.98. The van der Waals surface area contributed by atoms with Crippen molar-refractivity contribution in [3.8, 4) is 11.4 Å². The van der Waals surface area contributed by atoms with Crippen LogP contribution in [0.4, 0.5) is 8.78 Å². The number of sulfonamides is 1. The maximum atomic E-state index is 14.0. The Morgan fingerprint density at radius 3 is 2.59 bits per heavy atom. The number of benzene rings is 2. The first-order valence-electron chi connectivity index (χ1n) is 8.85. The van der Waals surface area contributed by atoms with Crippen LogP contribution in [-0.2, 0) is 28.7 Å². The van der Waals surface area contributed by atoms with Gasteiger partial charge in [-0.2, -0.15) is 4.31 Å². The minimum Gasteiger partial charge on any atom is -0.236 e. The molecule has 1 aromatic heterocycles. The molecule has 150 valence electrons. The molecule has 29 heavy (non-hydrogen) atoms. The lowest BCUT2D eigenvalue weighted by Gasteiger charge is -2.27. The summed E-state index contributed by atoms with van der Waals surface area (Å²) < 4.78 is 54.0. The molecule has 4 rings (SSSR count). The molecule has 2 heterocycles. The van der Waals surface area contributed by atoms with E-state index in [1.807, 2.05) is 0 Å². The summed E-state index contributed by atoms with van der Waals surface area (Å²) in [6, 6.07) is 9.93. The molecule has 0 atom stereocenters. The van der Waals surface area contributed by atoms with Crippen LogP contribution in [-0.4, -0.2) is 29.2 Å². The van der Waals surface area contributed by atoms with Crippen LogP contribution in [0.2, 0.25) is 5.02 Å². The quantitative estimate of drug-likeness (QED) is 0.622. The van der Waals surface area contributed by atoms with E-state index in [1.54, 1.807) is 18.3 Å². The van der Waals surface area contributed by atoms with Crippen molar-refractivity contribution in [3.05, 3.63) is 82.1 Å². The van der Waals surface area contributed by atoms with Crippen molar-refractivity contribution in [1.29, 1.82) is 0 Å². The zero-order valence-corrected chi connectivity index (χ0v) is 16.7. The highest BCUT2D eigenvalue weighted by molar-refractivity contribution is 7.88. The van der Waals surface area contributed by atoms with Crippen LogP contribution in [0.3, 0.4) is 0 Å². The minimum atomic E-state index is -3.78. The van der Waals surface area contributed by atoms with E-state index >= 15 is 0 Å². The number of fused-ring (bicyclic) bond motifs is 1. The second-order valence-corrected chi connectivity index (χ2v) is 9.09. The number of hydrogen-bond acceptors (Lipinski definition) is 4. The summed E-state index contributed by atoms with van der Waals surface area (Å²) in [7, 11) is -3.78. The van der Waals surface area contributed by atoms with Gasteiger partial charge in [-0.15, -0.1) is 0 Å². The number of rotatable bonds is 4. The van der Waals surface area contributed by atoms with E-state index in [0.29, 0.717) is 23.4 Å². The lowest BCUT2D eigenvalue weighted by Crippen LogP contribution is -2.37. The molecular formula is C20H16ClF2N3O2S. The second-order valence-electron chi connectivity index (χ2n) is 6.71. The Morgan fingerprint density at radius 1 is 1.10 bits per heavy atom. The van der Waals surface area contributed by atoms with E-state index in [9.17, 15) is 17.2 Å². The molecule has 0 radical (unpaired) electrons. The zero-order valence-electron chi connectivity index (χ0n) is 15.1. The van der Waals surface area contributed by atoms with Gasteiger partial charge >= 0.3 is 0 Å². The molecule has 0 saturated carbocycles. The molecule has 0 spiro atoms. The normalized spacial score (nSPS) is 14.6. The van der Waals surface area contributed by atoms with Crippen LogP contribution in [0.15, 0.2) is 48.7 Å². The Balaban J connectivity index is 1.56. The largest absolute Gasteiger partial charge is 0.236 e. The molecule has 0 saturated heterocycles. The standard InChI is InChI=1S/C20H16ClF2N3O2S/c21-17-2-1-3-18(23)16(17)12-29(27,28)26-9-8-19-14(11-26)10-24-20(25-19)13-4-6-15(22)7-5-13/h1-7,10H,8-9,11-12H2. The van der Waals surface area contributed by atoms with Crippen molar-refractivity contribution in [2.75, 3.05) is 6.54 Å². The lowest BCUT2D eigenvalue weighted by atomic mass is 10.1. The average molecular weight is 436 g/mol. The van der Waals surface area contributed by atoms with Crippen LogP contribution in [0, 0.1) is 11.6 Å². The highest BCUT2D eigenvalue weighted by Crippen LogP contribution is 2.27. The van der Waals surface area contributed by atoms with Crippen LogP contribution in [0.5, 0.6) is 0 Å². The van der Waals surface area contributed by atoms with Crippen LogP contribution in [0.1, 0.15) is 16.8 Å². The fraction of sp³-hybridized carbons (Fsp3) is 0.200. The molecule has 9 heteroatoms. The highest BCUT2D eigenvalue weighted by Gasteiger charge is 2.29. The Bertz CT molecular complexity index is 1150. The van der Waals surface area contributed by atoms with Gasteiger partial charge in [-0.3, -0.25) is 0 Å². The Morgan fingerprint density at radius 2 is 1.86 bits per heavy atom. The number of hydrogen-bond donors (Lipinski definition) is 0. The summed E-state index contributed by atoms with van der Waals surface area (Å²) >= 11 is 5.97. The lowest BCUT2D eigenvalue weighted by molar-refractivity contribution is 0.386. The van der Waals surface area contributed by atoms with Gasteiger partial charge in [0, 0.05) is 47.4 Å². The number of nitrogens with zero attached hydrogens (tertiary/aromatic N) is 3. The predicted octanol–water partition coefficient (Wildman–Crippen LogP) is 3.96. The Labute approximate surface area is 172 Å². The van der Waals surface area contributed by atoms with Crippen molar-refractivity contribution in [3.63, 3.8) is 0 Å². The van der Waals surface area contributed by atoms with Crippen LogP contribution >= 0.6 is 11.6 Å². The fourth-order valence-corrected chi connectivity index (χ4v) is 5.06. The monoisotopic (exact) mass is 435 g/mol. The molecule has 0 bridgehead atoms. The first-order valence-corrected chi connectivity index (χ1v) is 10.8. The smallest absolute Gasteiger partial charge is 0.218 e. The maximum absolute atomic E-state index is 14.0. The molecule has 0 aliphatic carbocycles. The maximum Gasteiger partial charge on any atom is 0.218 e. The molecule has 5 nitrogen and oxygen atoms in total. The van der Waals surface area contributed by atoms with E-state index in [0.717, 1.165) is 5.69 Å². The molecule has 1 aliphatic heterocycles. The molecule has 3 aromatic rings. The molecule has 0 fully saturated rings. The third-order valence-corrected chi connectivity index (χ3v) is 6.89. The third kappa shape index (κ3) is 4.14. The average Bonchev–Trinajstić information content (AvgIpc) is 2.71. The van der Waals surface area contributed by atoms with E-state index in [-0.39, 0.29) is 29.5 Å². The van der Waals surface area contributed by atoms with Gasteiger partial charge in [0.05, 0.1) is 11.4 Å². The summed E-state index contributed by atoms with van der Waals surface area (Å²) in [5.74, 6) is -1.05. The van der Waals surface area contributed by atoms with E-state index in [2.05, 4.69) is 9.97 Å². The van der Waals surface area contributed by atoms with Gasteiger partial charge in [-0.25, -0.2) is 27.2 Å². The van der Waals surface area contributed by atoms with Crippen molar-refractivity contribution in [1.82, 2.24) is 14.3 Å². The number of aromatic nitrogens is 2. The van der Waals surface area contributed by atoms with E-state index in [4.69, 9.17) is 11.6 Å². The van der Waals surface area contributed by atoms with Gasteiger partial charge in [0.2, 0.25) is 10.0 Å². The van der Waals surface area contributed by atoms with Crippen LogP contribution in [0.25, 0.3) is 11.4 Å². The molecule has 2 aromatic carbocycles. The Hall–Kier alpha value is -2.42. The molecule has 0 amide bonds. The van der Waals surface area contributed by atoms with Crippen molar-refractivity contribution >= 4 is 21.6 Å². The van der Waals surface area contributed by atoms with E-state index < -0.39 is 21.6 Å². The van der Waals surface area contributed by atoms with E-state index in [1.165, 1.54) is 34.6 Å². The molecular weight excluding hydrogens is 420 g/mol.